The Hall–Kier alpha value is -0.370. The SMILES string of the molecule is CC(C)C([C]=O)CO. The average Bonchev–Trinajstić information content (AvgIpc) is 1.69. The molecule has 0 aliphatic rings. The zero-order valence-corrected chi connectivity index (χ0v) is 5.22. The zero-order chi connectivity index (χ0) is 6.57. The Bertz CT molecular complexity index is 68.9. The predicted octanol–water partition coefficient (Wildman–Crippen LogP) is 0.361. The normalized spacial score (nSPS) is 14.0. The van der Waals surface area contributed by atoms with Gasteiger partial charge in [-0.15, -0.1) is 0 Å². The van der Waals surface area contributed by atoms with Crippen molar-refractivity contribution in [1.82, 2.24) is 0 Å². The van der Waals surface area contributed by atoms with Gasteiger partial charge in [-0.25, -0.2) is 0 Å². The molecule has 2 nitrogen and oxygen atoms in total. The molecule has 1 unspecified atom stereocenters. The molecule has 0 aromatic carbocycles. The minimum absolute atomic E-state index is 0.0822. The van der Waals surface area contributed by atoms with E-state index in [-0.39, 0.29) is 18.4 Å². The van der Waals surface area contributed by atoms with Gasteiger partial charge < -0.3 is 5.11 Å². The molecule has 0 saturated carbocycles. The topological polar surface area (TPSA) is 37.3 Å². The van der Waals surface area contributed by atoms with Crippen LogP contribution in [0.3, 0.4) is 0 Å². The van der Waals surface area contributed by atoms with Crippen molar-refractivity contribution < 1.29 is 9.90 Å². The van der Waals surface area contributed by atoms with E-state index in [4.69, 9.17) is 5.11 Å². The molecule has 0 bridgehead atoms. The summed E-state index contributed by atoms with van der Waals surface area (Å²) >= 11 is 0. The second-order valence-corrected chi connectivity index (χ2v) is 2.15. The molecular weight excluding hydrogens is 104 g/mol. The smallest absolute Gasteiger partial charge is 0.204 e. The number of aliphatic hydroxyl groups excluding tert-OH is 1. The van der Waals surface area contributed by atoms with Crippen LogP contribution < -0.4 is 0 Å². The Labute approximate surface area is 49.5 Å². The fraction of sp³-hybridized carbons (Fsp3) is 0.833. The lowest BCUT2D eigenvalue weighted by atomic mass is 9.99. The fourth-order valence-electron chi connectivity index (χ4n) is 0.384. The van der Waals surface area contributed by atoms with Crippen LogP contribution in [0.25, 0.3) is 0 Å². The summed E-state index contributed by atoms with van der Waals surface area (Å²) in [4.78, 5) is 9.89. The van der Waals surface area contributed by atoms with E-state index in [9.17, 15) is 4.79 Å². The molecule has 0 amide bonds. The largest absolute Gasteiger partial charge is 0.396 e. The van der Waals surface area contributed by atoms with Gasteiger partial charge >= 0.3 is 0 Å². The Kier molecular flexibility index (Phi) is 3.44. The van der Waals surface area contributed by atoms with Crippen LogP contribution >= 0.6 is 0 Å². The summed E-state index contributed by atoms with van der Waals surface area (Å²) in [6.45, 7) is 3.68. The van der Waals surface area contributed by atoms with Gasteiger partial charge in [0.05, 0.1) is 12.5 Å². The van der Waals surface area contributed by atoms with Crippen molar-refractivity contribution in [2.24, 2.45) is 11.8 Å². The lowest BCUT2D eigenvalue weighted by Gasteiger charge is -2.07. The first-order valence-corrected chi connectivity index (χ1v) is 2.71. The summed E-state index contributed by atoms with van der Waals surface area (Å²) in [5.41, 5.74) is 0. The highest BCUT2D eigenvalue weighted by Gasteiger charge is 2.10. The third-order valence-electron chi connectivity index (χ3n) is 1.15. The predicted molar refractivity (Wildman–Crippen MR) is 31.1 cm³/mol. The first-order valence-electron chi connectivity index (χ1n) is 2.71. The summed E-state index contributed by atoms with van der Waals surface area (Å²) in [7, 11) is 0. The van der Waals surface area contributed by atoms with E-state index >= 15 is 0 Å². The highest BCUT2D eigenvalue weighted by atomic mass is 16.3. The molecule has 0 rings (SSSR count). The number of carbonyl (C=O) groups excluding carboxylic acids is 1. The highest BCUT2D eigenvalue weighted by molar-refractivity contribution is 5.54. The molecule has 0 aromatic rings. The quantitative estimate of drug-likeness (QED) is 0.576. The molecule has 0 aromatic heterocycles. The minimum Gasteiger partial charge on any atom is -0.396 e. The Morgan fingerprint density at radius 2 is 2.12 bits per heavy atom. The van der Waals surface area contributed by atoms with Gasteiger partial charge in [-0.05, 0) is 5.92 Å². The van der Waals surface area contributed by atoms with Gasteiger partial charge in [-0.2, -0.15) is 0 Å². The van der Waals surface area contributed by atoms with Crippen LogP contribution in [0.4, 0.5) is 0 Å². The van der Waals surface area contributed by atoms with Gasteiger partial charge in [0, 0.05) is 0 Å². The summed E-state index contributed by atoms with van der Waals surface area (Å²) in [5, 5.41) is 8.43. The van der Waals surface area contributed by atoms with E-state index in [0.29, 0.717) is 0 Å². The van der Waals surface area contributed by atoms with Crippen molar-refractivity contribution in [3.63, 3.8) is 0 Å². The fourth-order valence-corrected chi connectivity index (χ4v) is 0.384. The average molecular weight is 115 g/mol. The summed E-state index contributed by atoms with van der Waals surface area (Å²) in [5.74, 6) is -0.0903. The van der Waals surface area contributed by atoms with Crippen LogP contribution in [0.5, 0.6) is 0 Å². The van der Waals surface area contributed by atoms with E-state index in [1.165, 1.54) is 0 Å². The first kappa shape index (κ1) is 7.63. The summed E-state index contributed by atoms with van der Waals surface area (Å²) < 4.78 is 0. The van der Waals surface area contributed by atoms with Gasteiger partial charge in [0.2, 0.25) is 6.29 Å². The molecule has 1 radical (unpaired) electrons. The molecule has 8 heavy (non-hydrogen) atoms. The second kappa shape index (κ2) is 3.61. The van der Waals surface area contributed by atoms with Crippen molar-refractivity contribution in [2.45, 2.75) is 13.8 Å². The Morgan fingerprint density at radius 1 is 1.62 bits per heavy atom. The molecule has 47 valence electrons. The van der Waals surface area contributed by atoms with Crippen LogP contribution in [0.1, 0.15) is 13.8 Å². The van der Waals surface area contributed by atoms with E-state index < -0.39 is 0 Å². The molecule has 0 aliphatic carbocycles. The molecule has 2 heteroatoms. The number of rotatable bonds is 3. The molecule has 0 spiro atoms. The van der Waals surface area contributed by atoms with Crippen molar-refractivity contribution in [3.8, 4) is 0 Å². The zero-order valence-electron chi connectivity index (χ0n) is 5.22. The minimum atomic E-state index is -0.296. The number of hydrogen-bond donors (Lipinski definition) is 1. The molecule has 0 saturated heterocycles. The van der Waals surface area contributed by atoms with Gasteiger partial charge in [0.25, 0.3) is 0 Å². The monoisotopic (exact) mass is 115 g/mol. The van der Waals surface area contributed by atoms with Crippen molar-refractivity contribution in [1.29, 1.82) is 0 Å². The van der Waals surface area contributed by atoms with E-state index in [1.54, 1.807) is 6.29 Å². The Balaban J connectivity index is 3.51. The molecule has 0 fully saturated rings. The molecule has 1 atom stereocenters. The molecule has 1 N–H and O–H groups in total. The van der Waals surface area contributed by atoms with Gasteiger partial charge in [0.15, 0.2) is 0 Å². The second-order valence-electron chi connectivity index (χ2n) is 2.15. The highest BCUT2D eigenvalue weighted by Crippen LogP contribution is 2.04. The number of hydrogen-bond acceptors (Lipinski definition) is 2. The lowest BCUT2D eigenvalue weighted by molar-refractivity contribution is 0.229. The van der Waals surface area contributed by atoms with Crippen molar-refractivity contribution in [3.05, 3.63) is 0 Å². The molecular formula is C6H11O2. The number of aliphatic hydroxyl groups is 1. The van der Waals surface area contributed by atoms with Crippen molar-refractivity contribution >= 4 is 6.29 Å². The van der Waals surface area contributed by atoms with E-state index in [2.05, 4.69) is 0 Å². The van der Waals surface area contributed by atoms with E-state index in [1.807, 2.05) is 13.8 Å². The third kappa shape index (κ3) is 2.07. The first-order chi connectivity index (χ1) is 3.72. The maximum atomic E-state index is 9.89. The lowest BCUT2D eigenvalue weighted by Crippen LogP contribution is -2.13. The van der Waals surface area contributed by atoms with Gasteiger partial charge in [0.1, 0.15) is 0 Å². The maximum Gasteiger partial charge on any atom is 0.204 e. The standard InChI is InChI=1S/C6H11O2/c1-5(2)6(3-7)4-8/h5-7H,3H2,1-2H3. The van der Waals surface area contributed by atoms with E-state index in [0.717, 1.165) is 0 Å². The maximum absolute atomic E-state index is 9.89. The Morgan fingerprint density at radius 3 is 2.12 bits per heavy atom. The van der Waals surface area contributed by atoms with Crippen LogP contribution in [0.15, 0.2) is 0 Å². The summed E-state index contributed by atoms with van der Waals surface area (Å²) in [6.07, 6.45) is 1.75. The van der Waals surface area contributed by atoms with Crippen molar-refractivity contribution in [2.75, 3.05) is 6.61 Å². The summed E-state index contributed by atoms with van der Waals surface area (Å²) in [6, 6.07) is 0. The third-order valence-corrected chi connectivity index (χ3v) is 1.15. The van der Waals surface area contributed by atoms with Crippen LogP contribution in [-0.4, -0.2) is 18.0 Å². The van der Waals surface area contributed by atoms with Gasteiger partial charge in [-0.1, -0.05) is 13.8 Å². The van der Waals surface area contributed by atoms with Crippen LogP contribution in [-0.2, 0) is 4.79 Å². The molecule has 0 heterocycles. The molecule has 0 aliphatic heterocycles. The van der Waals surface area contributed by atoms with Crippen LogP contribution in [0.2, 0.25) is 0 Å². The van der Waals surface area contributed by atoms with Crippen LogP contribution in [0, 0.1) is 11.8 Å². The van der Waals surface area contributed by atoms with Gasteiger partial charge in [-0.3, -0.25) is 4.79 Å².